The van der Waals surface area contributed by atoms with Gasteiger partial charge in [0.2, 0.25) is 5.43 Å². The molecule has 0 fully saturated rings. The smallest absolute Gasteiger partial charge is 0.313 e. The van der Waals surface area contributed by atoms with Gasteiger partial charge < -0.3 is 4.74 Å². The number of nitrogens with zero attached hydrogens (tertiary/aromatic N) is 1. The monoisotopic (exact) mass is 323 g/mol. The Kier molecular flexibility index (Phi) is 4.20. The van der Waals surface area contributed by atoms with Crippen LogP contribution in [0.15, 0.2) is 59.4 Å². The molecule has 6 heteroatoms. The third-order valence-electron chi connectivity index (χ3n) is 3.60. The summed E-state index contributed by atoms with van der Waals surface area (Å²) in [6, 6.07) is 13.9. The normalized spacial score (nSPS) is 12.9. The number of imide groups is 1. The Morgan fingerprint density at radius 3 is 2.08 bits per heavy atom. The van der Waals surface area contributed by atoms with E-state index in [0.29, 0.717) is 11.1 Å². The maximum absolute atomic E-state index is 12.2. The lowest BCUT2D eigenvalue weighted by Gasteiger charge is -2.12. The standard InChI is InChI=1S/C18H13NO5/c20-14-8-2-1-3-9-15(14)24-16(21)10-11-19-17(22)12-6-4-5-7-13(12)18(19)23/h1-9H,10-11H2. The van der Waals surface area contributed by atoms with Crippen molar-refractivity contribution in [3.63, 3.8) is 0 Å². The van der Waals surface area contributed by atoms with Crippen LogP contribution in [0, 0.1) is 0 Å². The molecule has 2 aromatic rings. The molecule has 0 aliphatic carbocycles. The Labute approximate surface area is 137 Å². The number of ether oxygens (including phenoxy) is 1. The van der Waals surface area contributed by atoms with Crippen molar-refractivity contribution in [1.82, 2.24) is 4.90 Å². The molecule has 0 saturated carbocycles. The first-order chi connectivity index (χ1) is 11.6. The van der Waals surface area contributed by atoms with Gasteiger partial charge in [-0.3, -0.25) is 24.1 Å². The van der Waals surface area contributed by atoms with E-state index in [2.05, 4.69) is 0 Å². The lowest BCUT2D eigenvalue weighted by atomic mass is 10.1. The van der Waals surface area contributed by atoms with E-state index in [-0.39, 0.29) is 18.7 Å². The Bertz CT molecular complexity index is 855. The van der Waals surface area contributed by atoms with E-state index < -0.39 is 23.2 Å². The zero-order valence-corrected chi connectivity index (χ0v) is 12.6. The highest BCUT2D eigenvalue weighted by atomic mass is 16.5. The minimum absolute atomic E-state index is 0.0904. The highest BCUT2D eigenvalue weighted by Gasteiger charge is 2.35. The van der Waals surface area contributed by atoms with Crippen LogP contribution in [-0.4, -0.2) is 29.2 Å². The minimum atomic E-state index is -0.685. The van der Waals surface area contributed by atoms with Crippen LogP contribution in [0.3, 0.4) is 0 Å². The second-order valence-corrected chi connectivity index (χ2v) is 5.17. The number of rotatable bonds is 4. The van der Waals surface area contributed by atoms with Crippen molar-refractivity contribution >= 4 is 17.8 Å². The van der Waals surface area contributed by atoms with Crippen molar-refractivity contribution in [2.24, 2.45) is 0 Å². The number of esters is 1. The van der Waals surface area contributed by atoms with Crippen molar-refractivity contribution < 1.29 is 19.1 Å². The molecular weight excluding hydrogens is 310 g/mol. The predicted octanol–water partition coefficient (Wildman–Crippen LogP) is 1.64. The Morgan fingerprint density at radius 1 is 0.833 bits per heavy atom. The summed E-state index contributed by atoms with van der Waals surface area (Å²) in [6.07, 6.45) is -0.191. The van der Waals surface area contributed by atoms with Crippen molar-refractivity contribution in [3.05, 3.63) is 75.9 Å². The van der Waals surface area contributed by atoms with Gasteiger partial charge in [-0.1, -0.05) is 30.3 Å². The van der Waals surface area contributed by atoms with Crippen molar-refractivity contribution in [1.29, 1.82) is 0 Å². The van der Waals surface area contributed by atoms with Gasteiger partial charge in [0.15, 0.2) is 5.75 Å². The van der Waals surface area contributed by atoms with Crippen LogP contribution in [0.25, 0.3) is 0 Å². The summed E-state index contributed by atoms with van der Waals surface area (Å²) in [7, 11) is 0. The number of fused-ring (bicyclic) bond motifs is 1. The van der Waals surface area contributed by atoms with E-state index in [0.717, 1.165) is 4.90 Å². The zero-order valence-electron chi connectivity index (χ0n) is 12.6. The van der Waals surface area contributed by atoms with Crippen LogP contribution in [0.5, 0.6) is 5.75 Å². The molecule has 24 heavy (non-hydrogen) atoms. The summed E-state index contributed by atoms with van der Waals surface area (Å²) in [6.45, 7) is -0.0989. The zero-order chi connectivity index (χ0) is 17.1. The topological polar surface area (TPSA) is 80.8 Å². The fourth-order valence-corrected chi connectivity index (χ4v) is 2.42. The second-order valence-electron chi connectivity index (χ2n) is 5.17. The SMILES string of the molecule is O=C(CCN1C(=O)c2ccccc2C1=O)Oc1cccccc1=O. The number of hydrogen-bond acceptors (Lipinski definition) is 5. The highest BCUT2D eigenvalue weighted by molar-refractivity contribution is 6.21. The summed E-state index contributed by atoms with van der Waals surface area (Å²) in [5.41, 5.74) is 0.231. The Morgan fingerprint density at radius 2 is 1.42 bits per heavy atom. The van der Waals surface area contributed by atoms with E-state index in [1.54, 1.807) is 42.5 Å². The van der Waals surface area contributed by atoms with Crippen molar-refractivity contribution in [2.45, 2.75) is 6.42 Å². The fraction of sp³-hybridized carbons (Fsp3) is 0.111. The molecule has 0 N–H and O–H groups in total. The molecular formula is C18H13NO5. The van der Waals surface area contributed by atoms with Gasteiger partial charge in [-0.05, 0) is 24.3 Å². The first-order valence-corrected chi connectivity index (χ1v) is 7.33. The average molecular weight is 323 g/mol. The largest absolute Gasteiger partial charge is 0.422 e. The highest BCUT2D eigenvalue weighted by Crippen LogP contribution is 2.22. The molecule has 3 rings (SSSR count). The minimum Gasteiger partial charge on any atom is -0.422 e. The molecule has 0 atom stereocenters. The molecule has 2 amide bonds. The van der Waals surface area contributed by atoms with Gasteiger partial charge in [0.25, 0.3) is 11.8 Å². The van der Waals surface area contributed by atoms with Crippen molar-refractivity contribution in [3.8, 4) is 5.75 Å². The molecule has 0 radical (unpaired) electrons. The summed E-state index contributed by atoms with van der Waals surface area (Å²) >= 11 is 0. The van der Waals surface area contributed by atoms with Crippen molar-refractivity contribution in [2.75, 3.05) is 6.54 Å². The van der Waals surface area contributed by atoms with Crippen LogP contribution in [-0.2, 0) is 4.79 Å². The number of hydrogen-bond donors (Lipinski definition) is 0. The summed E-state index contributed by atoms with van der Waals surface area (Å²) < 4.78 is 5.01. The van der Waals surface area contributed by atoms with Crippen LogP contribution in [0.4, 0.5) is 0 Å². The number of carbonyl (C=O) groups is 3. The molecule has 0 unspecified atom stereocenters. The van der Waals surface area contributed by atoms with Gasteiger partial charge in [0, 0.05) is 6.54 Å². The molecule has 1 heterocycles. The molecule has 0 spiro atoms. The van der Waals surface area contributed by atoms with E-state index >= 15 is 0 Å². The van der Waals surface area contributed by atoms with Gasteiger partial charge in [0.05, 0.1) is 17.5 Å². The van der Waals surface area contributed by atoms with Gasteiger partial charge >= 0.3 is 5.97 Å². The lowest BCUT2D eigenvalue weighted by molar-refractivity contribution is -0.134. The fourth-order valence-electron chi connectivity index (χ4n) is 2.42. The Balaban J connectivity index is 1.66. The van der Waals surface area contributed by atoms with E-state index in [4.69, 9.17) is 4.74 Å². The van der Waals surface area contributed by atoms with E-state index in [1.165, 1.54) is 12.1 Å². The lowest BCUT2D eigenvalue weighted by Crippen LogP contribution is -2.32. The number of benzene rings is 1. The Hall–Kier alpha value is -3.28. The van der Waals surface area contributed by atoms with Crippen LogP contribution < -0.4 is 10.2 Å². The van der Waals surface area contributed by atoms with E-state index in [1.807, 2.05) is 0 Å². The number of amides is 2. The second kappa shape index (κ2) is 6.45. The third-order valence-corrected chi connectivity index (χ3v) is 3.60. The summed E-state index contributed by atoms with van der Waals surface area (Å²) in [5.74, 6) is -1.64. The molecule has 2 aromatic carbocycles. The first-order valence-electron chi connectivity index (χ1n) is 7.33. The average Bonchev–Trinajstić information content (AvgIpc) is 2.71. The van der Waals surface area contributed by atoms with Crippen LogP contribution in [0.2, 0.25) is 0 Å². The van der Waals surface area contributed by atoms with Crippen LogP contribution >= 0.6 is 0 Å². The van der Waals surface area contributed by atoms with Gasteiger partial charge in [-0.2, -0.15) is 0 Å². The molecule has 120 valence electrons. The predicted molar refractivity (Wildman–Crippen MR) is 84.8 cm³/mol. The quantitative estimate of drug-likeness (QED) is 0.631. The maximum atomic E-state index is 12.2. The molecule has 0 bridgehead atoms. The summed E-state index contributed by atoms with van der Waals surface area (Å²) in [4.78, 5) is 48.9. The number of carbonyl (C=O) groups excluding carboxylic acids is 3. The van der Waals surface area contributed by atoms with Gasteiger partial charge in [-0.15, -0.1) is 0 Å². The third kappa shape index (κ3) is 2.94. The van der Waals surface area contributed by atoms with E-state index in [9.17, 15) is 19.2 Å². The molecule has 1 aliphatic heterocycles. The maximum Gasteiger partial charge on any atom is 0.313 e. The molecule has 0 saturated heterocycles. The van der Waals surface area contributed by atoms with Gasteiger partial charge in [0.1, 0.15) is 0 Å². The van der Waals surface area contributed by atoms with Crippen LogP contribution in [0.1, 0.15) is 27.1 Å². The molecule has 6 nitrogen and oxygen atoms in total. The summed E-state index contributed by atoms with van der Waals surface area (Å²) in [5, 5.41) is 0. The molecule has 0 aromatic heterocycles. The van der Waals surface area contributed by atoms with Gasteiger partial charge in [-0.25, -0.2) is 0 Å². The molecule has 1 aliphatic rings. The first kappa shape index (κ1) is 15.6.